The number of nitrogens with one attached hydrogen (secondary N) is 3. The highest BCUT2D eigenvalue weighted by atomic mass is 16.6. The summed E-state index contributed by atoms with van der Waals surface area (Å²) in [5.74, 6) is -0.212. The number of likely N-dealkylation sites (N-methyl/N-ethyl adjacent to an activating group) is 1. The Bertz CT molecular complexity index is 1520. The van der Waals surface area contributed by atoms with Crippen molar-refractivity contribution in [1.29, 1.82) is 0 Å². The first-order valence-corrected chi connectivity index (χ1v) is 14.0. The second-order valence-electron chi connectivity index (χ2n) is 11.3. The quantitative estimate of drug-likeness (QED) is 0.219. The Morgan fingerprint density at radius 3 is 2.48 bits per heavy atom. The van der Waals surface area contributed by atoms with Gasteiger partial charge in [-0.2, -0.15) is 0 Å². The number of rotatable bonds is 8. The predicted molar refractivity (Wildman–Crippen MR) is 161 cm³/mol. The van der Waals surface area contributed by atoms with Crippen molar-refractivity contribution in [2.45, 2.75) is 58.6 Å². The minimum atomic E-state index is -0.617. The van der Waals surface area contributed by atoms with E-state index >= 15 is 0 Å². The number of hydrogen-bond donors (Lipinski definition) is 3. The smallest absolute Gasteiger partial charge is 0.412 e. The molecule has 0 spiro atoms. The number of hydrogen-bond acceptors (Lipinski definition) is 4. The normalized spacial score (nSPS) is 14.8. The number of para-hydroxylation sites is 3. The van der Waals surface area contributed by atoms with Crippen LogP contribution in [0.4, 0.5) is 16.2 Å². The fourth-order valence-corrected chi connectivity index (χ4v) is 5.56. The highest BCUT2D eigenvalue weighted by molar-refractivity contribution is 6.07. The van der Waals surface area contributed by atoms with Gasteiger partial charge in [0.05, 0.1) is 11.4 Å². The molecule has 0 fully saturated rings. The zero-order chi connectivity index (χ0) is 28.3. The van der Waals surface area contributed by atoms with Crippen molar-refractivity contribution in [2.75, 3.05) is 23.7 Å². The van der Waals surface area contributed by atoms with Crippen LogP contribution in [0.1, 0.15) is 67.2 Å². The molecule has 0 bridgehead atoms. The highest BCUT2D eigenvalue weighted by Gasteiger charge is 2.28. The number of carbonyl (C=O) groups excluding carboxylic acids is 2. The Hall–Kier alpha value is -4.10. The van der Waals surface area contributed by atoms with Gasteiger partial charge in [-0.15, -0.1) is 0 Å². The summed E-state index contributed by atoms with van der Waals surface area (Å²) in [6.45, 7) is 9.59. The average molecular weight is 539 g/mol. The molecule has 40 heavy (non-hydrogen) atoms. The number of anilines is 2. The number of aryl methyl sites for hydroxylation is 1. The molecule has 3 aromatic carbocycles. The summed E-state index contributed by atoms with van der Waals surface area (Å²) in [5, 5.41) is 6.99. The van der Waals surface area contributed by atoms with Crippen LogP contribution in [0.25, 0.3) is 10.9 Å². The molecule has 1 heterocycles. The van der Waals surface area contributed by atoms with Gasteiger partial charge >= 0.3 is 6.09 Å². The van der Waals surface area contributed by atoms with Crippen LogP contribution >= 0.6 is 0 Å². The maximum absolute atomic E-state index is 13.2. The van der Waals surface area contributed by atoms with Gasteiger partial charge in [-0.1, -0.05) is 43.3 Å². The van der Waals surface area contributed by atoms with E-state index in [1.807, 2.05) is 39.0 Å². The van der Waals surface area contributed by atoms with Gasteiger partial charge < -0.3 is 15.0 Å². The number of aromatic amines is 1. The molecule has 3 N–H and O–H groups in total. The molecule has 1 atom stereocenters. The van der Waals surface area contributed by atoms with Gasteiger partial charge in [-0.3, -0.25) is 15.0 Å². The summed E-state index contributed by atoms with van der Waals surface area (Å²) in [7, 11) is 0. The van der Waals surface area contributed by atoms with Crippen LogP contribution in [-0.4, -0.2) is 40.6 Å². The fourth-order valence-electron chi connectivity index (χ4n) is 5.56. The molecule has 7 nitrogen and oxygen atoms in total. The van der Waals surface area contributed by atoms with E-state index in [0.29, 0.717) is 23.0 Å². The van der Waals surface area contributed by atoms with E-state index in [-0.39, 0.29) is 5.91 Å². The fraction of sp³-hybridized carbons (Fsp3) is 0.333. The zero-order valence-corrected chi connectivity index (χ0v) is 23.7. The van der Waals surface area contributed by atoms with Crippen LogP contribution in [0.15, 0.2) is 72.9 Å². The highest BCUT2D eigenvalue weighted by Crippen LogP contribution is 2.37. The van der Waals surface area contributed by atoms with Gasteiger partial charge in [0.15, 0.2) is 0 Å². The first-order chi connectivity index (χ1) is 19.2. The van der Waals surface area contributed by atoms with Crippen LogP contribution in [0.2, 0.25) is 0 Å². The lowest BCUT2D eigenvalue weighted by Gasteiger charge is -2.28. The first-order valence-electron chi connectivity index (χ1n) is 14.0. The van der Waals surface area contributed by atoms with Crippen molar-refractivity contribution < 1.29 is 14.3 Å². The van der Waals surface area contributed by atoms with Crippen LogP contribution in [-0.2, 0) is 17.6 Å². The minimum absolute atomic E-state index is 0.212. The summed E-state index contributed by atoms with van der Waals surface area (Å²) in [6.07, 6.45) is 4.54. The monoisotopic (exact) mass is 538 g/mol. The van der Waals surface area contributed by atoms with Gasteiger partial charge in [0.25, 0.3) is 5.91 Å². The van der Waals surface area contributed by atoms with Gasteiger partial charge in [0.2, 0.25) is 0 Å². The molecule has 1 aliphatic carbocycles. The van der Waals surface area contributed by atoms with Crippen LogP contribution in [0.5, 0.6) is 0 Å². The molecule has 2 amide bonds. The number of H-pyrrole nitrogens is 1. The van der Waals surface area contributed by atoms with Gasteiger partial charge in [-0.05, 0) is 93.6 Å². The second-order valence-corrected chi connectivity index (χ2v) is 11.3. The lowest BCUT2D eigenvalue weighted by Crippen LogP contribution is -2.29. The molecule has 1 aliphatic rings. The number of nitrogens with zero attached hydrogens (tertiary/aromatic N) is 1. The average Bonchev–Trinajstić information content (AvgIpc) is 3.53. The SMILES string of the molecule is CCN(CCc1c[nH]c2ccccc12)C1CCc2cc(C(=O)Nc3ccccc3NC(=O)OC(C)(C)C)ccc21. The molecule has 0 saturated carbocycles. The number of aromatic nitrogens is 1. The predicted octanol–water partition coefficient (Wildman–Crippen LogP) is 7.32. The van der Waals surface area contributed by atoms with Crippen LogP contribution in [0.3, 0.4) is 0 Å². The number of amides is 2. The van der Waals surface area contributed by atoms with E-state index in [1.165, 1.54) is 27.6 Å². The summed E-state index contributed by atoms with van der Waals surface area (Å²) in [5.41, 5.74) is 6.06. The molecule has 0 saturated heterocycles. The van der Waals surface area contributed by atoms with Crippen molar-refractivity contribution in [3.63, 3.8) is 0 Å². The van der Waals surface area contributed by atoms with E-state index in [4.69, 9.17) is 4.74 Å². The number of ether oxygens (including phenoxy) is 1. The summed E-state index contributed by atoms with van der Waals surface area (Å²) >= 11 is 0. The largest absolute Gasteiger partial charge is 0.444 e. The van der Waals surface area contributed by atoms with Crippen LogP contribution in [0, 0.1) is 0 Å². The summed E-state index contributed by atoms with van der Waals surface area (Å²) in [4.78, 5) is 31.5. The Labute approximate surface area is 235 Å². The number of benzene rings is 3. The maximum atomic E-state index is 13.2. The molecular formula is C33H38N4O3. The molecular weight excluding hydrogens is 500 g/mol. The van der Waals surface area contributed by atoms with Crippen molar-refractivity contribution >= 4 is 34.3 Å². The van der Waals surface area contributed by atoms with Crippen LogP contribution < -0.4 is 10.6 Å². The third-order valence-corrected chi connectivity index (χ3v) is 7.45. The van der Waals surface area contributed by atoms with E-state index in [1.54, 1.807) is 18.2 Å². The Balaban J connectivity index is 1.25. The zero-order valence-electron chi connectivity index (χ0n) is 23.7. The van der Waals surface area contributed by atoms with Gasteiger partial charge in [-0.25, -0.2) is 4.79 Å². The molecule has 0 radical (unpaired) electrons. The van der Waals surface area contributed by atoms with Crippen molar-refractivity contribution in [3.8, 4) is 0 Å². The Morgan fingerprint density at radius 1 is 1.00 bits per heavy atom. The minimum Gasteiger partial charge on any atom is -0.444 e. The van der Waals surface area contributed by atoms with Gasteiger partial charge in [0, 0.05) is 35.2 Å². The first kappa shape index (κ1) is 27.5. The van der Waals surface area contributed by atoms with Crippen molar-refractivity contribution in [3.05, 3.63) is 95.2 Å². The molecule has 1 unspecified atom stereocenters. The number of carbonyl (C=O) groups is 2. The molecule has 1 aromatic heterocycles. The summed E-state index contributed by atoms with van der Waals surface area (Å²) in [6, 6.07) is 22.0. The second kappa shape index (κ2) is 11.6. The summed E-state index contributed by atoms with van der Waals surface area (Å²) < 4.78 is 5.36. The molecule has 5 rings (SSSR count). The molecule has 208 valence electrons. The van der Waals surface area contributed by atoms with E-state index < -0.39 is 11.7 Å². The molecule has 7 heteroatoms. The van der Waals surface area contributed by atoms with Crippen molar-refractivity contribution in [1.82, 2.24) is 9.88 Å². The van der Waals surface area contributed by atoms with E-state index in [2.05, 4.69) is 64.0 Å². The van der Waals surface area contributed by atoms with Crippen molar-refractivity contribution in [2.24, 2.45) is 0 Å². The molecule has 4 aromatic rings. The number of fused-ring (bicyclic) bond motifs is 2. The third kappa shape index (κ3) is 6.20. The van der Waals surface area contributed by atoms with E-state index in [0.717, 1.165) is 32.4 Å². The van der Waals surface area contributed by atoms with E-state index in [9.17, 15) is 9.59 Å². The topological polar surface area (TPSA) is 86.5 Å². The third-order valence-electron chi connectivity index (χ3n) is 7.45. The standard InChI is InChI=1S/C33H38N4O3/c1-5-37(19-18-24-21-34-27-11-7-6-10-25(24)27)30-17-15-22-20-23(14-16-26(22)30)31(38)35-28-12-8-9-13-29(28)36-32(39)40-33(2,3)4/h6-14,16,20-21,30,34H,5,15,17-19H2,1-4H3,(H,35,38)(H,36,39). The maximum Gasteiger partial charge on any atom is 0.412 e. The Kier molecular flexibility index (Phi) is 7.94. The van der Waals surface area contributed by atoms with Gasteiger partial charge in [0.1, 0.15) is 5.60 Å². The Morgan fingerprint density at radius 2 is 1.73 bits per heavy atom. The molecule has 0 aliphatic heterocycles. The lowest BCUT2D eigenvalue weighted by atomic mass is 10.0. The lowest BCUT2D eigenvalue weighted by molar-refractivity contribution is 0.0635.